The minimum absolute atomic E-state index is 0.349. The Morgan fingerprint density at radius 3 is 2.72 bits per heavy atom. The molecule has 0 fully saturated rings. The predicted octanol–water partition coefficient (Wildman–Crippen LogP) is 2.19. The molecule has 2 N–H and O–H groups in total. The number of fused-ring (bicyclic) bond motifs is 2. The number of aromatic carboxylic acids is 1. The lowest BCUT2D eigenvalue weighted by Crippen LogP contribution is -2.01. The van der Waals surface area contributed by atoms with Gasteiger partial charge in [-0.2, -0.15) is 0 Å². The minimum Gasteiger partial charge on any atom is -0.505 e. The van der Waals surface area contributed by atoms with Crippen LogP contribution < -0.4 is 0 Å². The van der Waals surface area contributed by atoms with Crippen molar-refractivity contribution in [3.63, 3.8) is 0 Å². The Morgan fingerprint density at radius 2 is 1.94 bits per heavy atom. The third kappa shape index (κ3) is 1.45. The summed E-state index contributed by atoms with van der Waals surface area (Å²) in [4.78, 5) is 18.9. The number of carboxylic acid groups (broad SMARTS) is 1. The highest BCUT2D eigenvalue weighted by Gasteiger charge is 2.15. The molecule has 0 saturated carbocycles. The van der Waals surface area contributed by atoms with Crippen molar-refractivity contribution >= 4 is 27.8 Å². The molecule has 0 bridgehead atoms. The van der Waals surface area contributed by atoms with Crippen molar-refractivity contribution in [2.24, 2.45) is 0 Å². The Balaban J connectivity index is 2.44. The number of hydrogen-bond acceptors (Lipinski definition) is 4. The first kappa shape index (κ1) is 10.5. The van der Waals surface area contributed by atoms with E-state index in [0.717, 1.165) is 10.9 Å². The summed E-state index contributed by atoms with van der Waals surface area (Å²) in [5.41, 5.74) is 0.880. The maximum absolute atomic E-state index is 10.9. The first-order chi connectivity index (χ1) is 8.66. The van der Waals surface area contributed by atoms with E-state index < -0.39 is 5.97 Å². The predicted molar refractivity (Wildman–Crippen MR) is 65.7 cm³/mol. The number of rotatable bonds is 1. The standard InChI is InChI=1S/C13H8N2O3/c16-12-8-5-7-3-1-2-4-9(7)15-10(8)6-14-11(12)13(17)18/h1-6,16H,(H,17,18). The van der Waals surface area contributed by atoms with E-state index in [0.29, 0.717) is 10.9 Å². The molecular weight excluding hydrogens is 232 g/mol. The van der Waals surface area contributed by atoms with Crippen molar-refractivity contribution in [2.45, 2.75) is 0 Å². The molecule has 18 heavy (non-hydrogen) atoms. The Kier molecular flexibility index (Phi) is 2.13. The largest absolute Gasteiger partial charge is 0.505 e. The van der Waals surface area contributed by atoms with Crippen LogP contribution in [0, 0.1) is 0 Å². The maximum Gasteiger partial charge on any atom is 0.358 e. The molecule has 0 atom stereocenters. The molecule has 0 radical (unpaired) electrons. The minimum atomic E-state index is -1.26. The summed E-state index contributed by atoms with van der Waals surface area (Å²) in [6.45, 7) is 0. The third-order valence-corrected chi connectivity index (χ3v) is 2.75. The van der Waals surface area contributed by atoms with Crippen LogP contribution >= 0.6 is 0 Å². The highest BCUT2D eigenvalue weighted by Crippen LogP contribution is 2.28. The quantitative estimate of drug-likeness (QED) is 0.637. The first-order valence-corrected chi connectivity index (χ1v) is 5.27. The van der Waals surface area contributed by atoms with Gasteiger partial charge in [0.15, 0.2) is 11.4 Å². The number of carbonyl (C=O) groups is 1. The Bertz CT molecular complexity index is 784. The van der Waals surface area contributed by atoms with Gasteiger partial charge in [-0.1, -0.05) is 18.2 Å². The molecule has 2 aromatic heterocycles. The van der Waals surface area contributed by atoms with Crippen molar-refractivity contribution in [3.05, 3.63) is 42.2 Å². The Hall–Kier alpha value is -2.69. The molecule has 2 heterocycles. The zero-order chi connectivity index (χ0) is 12.7. The number of benzene rings is 1. The lowest BCUT2D eigenvalue weighted by Gasteiger charge is -2.05. The Morgan fingerprint density at radius 1 is 1.17 bits per heavy atom. The van der Waals surface area contributed by atoms with Crippen LogP contribution in [-0.2, 0) is 0 Å². The zero-order valence-electron chi connectivity index (χ0n) is 9.16. The van der Waals surface area contributed by atoms with Crippen molar-refractivity contribution < 1.29 is 15.0 Å². The second kappa shape index (κ2) is 3.66. The molecular formula is C13H8N2O3. The number of hydrogen-bond donors (Lipinski definition) is 2. The highest BCUT2D eigenvalue weighted by atomic mass is 16.4. The molecule has 5 heteroatoms. The topological polar surface area (TPSA) is 83.3 Å². The van der Waals surface area contributed by atoms with Crippen LogP contribution in [0.4, 0.5) is 0 Å². The first-order valence-electron chi connectivity index (χ1n) is 5.27. The van der Waals surface area contributed by atoms with E-state index in [-0.39, 0.29) is 11.4 Å². The number of para-hydroxylation sites is 1. The summed E-state index contributed by atoms with van der Waals surface area (Å²) < 4.78 is 0. The van der Waals surface area contributed by atoms with Gasteiger partial charge in [0.05, 0.1) is 17.2 Å². The van der Waals surface area contributed by atoms with Crippen LogP contribution in [0.15, 0.2) is 36.5 Å². The fraction of sp³-hybridized carbons (Fsp3) is 0. The number of aromatic nitrogens is 2. The van der Waals surface area contributed by atoms with Crippen LogP contribution in [0.1, 0.15) is 10.5 Å². The fourth-order valence-electron chi connectivity index (χ4n) is 1.89. The molecule has 0 unspecified atom stereocenters. The third-order valence-electron chi connectivity index (χ3n) is 2.75. The van der Waals surface area contributed by atoms with Gasteiger partial charge in [0, 0.05) is 10.8 Å². The van der Waals surface area contributed by atoms with Gasteiger partial charge < -0.3 is 10.2 Å². The molecule has 5 nitrogen and oxygen atoms in total. The molecule has 0 spiro atoms. The molecule has 0 amide bonds. The number of carboxylic acids is 1. The van der Waals surface area contributed by atoms with Crippen LogP contribution in [-0.4, -0.2) is 26.2 Å². The monoisotopic (exact) mass is 240 g/mol. The number of pyridine rings is 2. The maximum atomic E-state index is 10.9. The van der Waals surface area contributed by atoms with Gasteiger partial charge in [-0.25, -0.2) is 14.8 Å². The van der Waals surface area contributed by atoms with E-state index in [9.17, 15) is 9.90 Å². The van der Waals surface area contributed by atoms with E-state index in [4.69, 9.17) is 5.11 Å². The summed E-state index contributed by atoms with van der Waals surface area (Å²) >= 11 is 0. The van der Waals surface area contributed by atoms with Crippen LogP contribution in [0.25, 0.3) is 21.8 Å². The lowest BCUT2D eigenvalue weighted by molar-refractivity contribution is 0.0687. The second-order valence-electron chi connectivity index (χ2n) is 3.87. The molecule has 0 aliphatic heterocycles. The lowest BCUT2D eigenvalue weighted by atomic mass is 10.1. The zero-order valence-corrected chi connectivity index (χ0v) is 9.16. The summed E-state index contributed by atoms with van der Waals surface area (Å²) in [6.07, 6.45) is 1.35. The molecule has 88 valence electrons. The summed E-state index contributed by atoms with van der Waals surface area (Å²) in [6, 6.07) is 9.12. The molecule has 3 rings (SSSR count). The van der Waals surface area contributed by atoms with Gasteiger partial charge in [-0.05, 0) is 12.1 Å². The van der Waals surface area contributed by atoms with Gasteiger partial charge in [-0.15, -0.1) is 0 Å². The fourth-order valence-corrected chi connectivity index (χ4v) is 1.89. The van der Waals surface area contributed by atoms with Gasteiger partial charge in [0.1, 0.15) is 0 Å². The van der Waals surface area contributed by atoms with Gasteiger partial charge in [0.2, 0.25) is 0 Å². The molecule has 0 aliphatic rings. The average molecular weight is 240 g/mol. The van der Waals surface area contributed by atoms with Crippen molar-refractivity contribution in [1.29, 1.82) is 0 Å². The van der Waals surface area contributed by atoms with Crippen molar-refractivity contribution in [2.75, 3.05) is 0 Å². The number of aromatic hydroxyl groups is 1. The highest BCUT2D eigenvalue weighted by molar-refractivity contribution is 6.00. The summed E-state index contributed by atoms with van der Waals surface area (Å²) in [7, 11) is 0. The molecule has 0 saturated heterocycles. The smallest absolute Gasteiger partial charge is 0.358 e. The number of nitrogens with zero attached hydrogens (tertiary/aromatic N) is 2. The van der Waals surface area contributed by atoms with E-state index in [1.54, 1.807) is 6.07 Å². The molecule has 1 aromatic carbocycles. The van der Waals surface area contributed by atoms with Gasteiger partial charge in [-0.3, -0.25) is 0 Å². The molecule has 0 aliphatic carbocycles. The van der Waals surface area contributed by atoms with Crippen LogP contribution in [0.5, 0.6) is 5.75 Å². The normalized spacial score (nSPS) is 10.9. The van der Waals surface area contributed by atoms with E-state index in [1.807, 2.05) is 24.3 Å². The van der Waals surface area contributed by atoms with Crippen LogP contribution in [0.2, 0.25) is 0 Å². The Labute approximate surface area is 101 Å². The van der Waals surface area contributed by atoms with Crippen molar-refractivity contribution in [3.8, 4) is 5.75 Å². The van der Waals surface area contributed by atoms with E-state index >= 15 is 0 Å². The average Bonchev–Trinajstić information content (AvgIpc) is 2.37. The van der Waals surface area contributed by atoms with E-state index in [2.05, 4.69) is 9.97 Å². The SMILES string of the molecule is O=C(O)c1ncc2nc3ccccc3cc2c1O. The van der Waals surface area contributed by atoms with Crippen LogP contribution in [0.3, 0.4) is 0 Å². The summed E-state index contributed by atoms with van der Waals surface area (Å²) in [5.74, 6) is -1.61. The van der Waals surface area contributed by atoms with Gasteiger partial charge >= 0.3 is 5.97 Å². The van der Waals surface area contributed by atoms with Gasteiger partial charge in [0.25, 0.3) is 0 Å². The second-order valence-corrected chi connectivity index (χ2v) is 3.87. The van der Waals surface area contributed by atoms with Crippen molar-refractivity contribution in [1.82, 2.24) is 9.97 Å². The summed E-state index contributed by atoms with van der Waals surface area (Å²) in [5, 5.41) is 20.0. The van der Waals surface area contributed by atoms with E-state index in [1.165, 1.54) is 6.20 Å². The molecule has 3 aromatic rings.